The van der Waals surface area contributed by atoms with Crippen LogP contribution in [0.5, 0.6) is 5.75 Å². The van der Waals surface area contributed by atoms with Crippen molar-refractivity contribution in [3.8, 4) is 5.75 Å². The number of carbonyl (C=O) groups excluding carboxylic acids is 1. The third kappa shape index (κ3) is 5.65. The normalized spacial score (nSPS) is 10.6. The number of nitrogens with zero attached hydrogens (tertiary/aromatic N) is 1. The summed E-state index contributed by atoms with van der Waals surface area (Å²) in [6.07, 6.45) is 0. The molecule has 28 heavy (non-hydrogen) atoms. The van der Waals surface area contributed by atoms with Crippen LogP contribution in [0.3, 0.4) is 0 Å². The van der Waals surface area contributed by atoms with Crippen molar-refractivity contribution >= 4 is 17.2 Å². The van der Waals surface area contributed by atoms with Gasteiger partial charge < -0.3 is 14.8 Å². The summed E-state index contributed by atoms with van der Waals surface area (Å²) in [5.74, 6) is 0.595. The molecule has 3 rings (SSSR count). The minimum atomic E-state index is -0.118. The van der Waals surface area contributed by atoms with Crippen LogP contribution in [0.2, 0.25) is 0 Å². The summed E-state index contributed by atoms with van der Waals surface area (Å²) < 4.78 is 11.2. The number of carbonyl (C=O) groups is 1. The van der Waals surface area contributed by atoms with Crippen LogP contribution in [0.15, 0.2) is 53.9 Å². The van der Waals surface area contributed by atoms with Gasteiger partial charge in [-0.05, 0) is 49.2 Å². The fourth-order valence-electron chi connectivity index (χ4n) is 2.69. The van der Waals surface area contributed by atoms with Crippen LogP contribution in [0.4, 0.5) is 0 Å². The maximum Gasteiger partial charge on any atom is 0.251 e. The van der Waals surface area contributed by atoms with Gasteiger partial charge in [-0.25, -0.2) is 4.98 Å². The summed E-state index contributed by atoms with van der Waals surface area (Å²) in [4.78, 5) is 16.8. The molecule has 1 amide bonds. The third-order valence-electron chi connectivity index (χ3n) is 4.19. The number of aryl methyl sites for hydroxylation is 1. The number of hydrogen-bond acceptors (Lipinski definition) is 5. The Hall–Kier alpha value is -2.70. The molecule has 0 aliphatic rings. The average molecular weight is 397 g/mol. The molecule has 1 N–H and O–H groups in total. The topological polar surface area (TPSA) is 60.5 Å². The Balaban J connectivity index is 1.53. The van der Waals surface area contributed by atoms with Gasteiger partial charge in [-0.1, -0.05) is 24.3 Å². The quantitative estimate of drug-likeness (QED) is 0.579. The minimum absolute atomic E-state index is 0.118. The van der Waals surface area contributed by atoms with Crippen LogP contribution in [0, 0.1) is 6.92 Å². The Bertz CT molecular complexity index is 906. The number of benzene rings is 2. The number of ether oxygens (including phenoxy) is 2. The largest absolute Gasteiger partial charge is 0.487 e. The Morgan fingerprint density at radius 1 is 1.07 bits per heavy atom. The van der Waals surface area contributed by atoms with Crippen LogP contribution < -0.4 is 10.1 Å². The highest BCUT2D eigenvalue weighted by Gasteiger charge is 2.08. The molecular formula is C22H24N2O3S. The van der Waals surface area contributed by atoms with E-state index in [9.17, 15) is 4.79 Å². The molecule has 2 aromatic carbocycles. The predicted octanol–water partition coefficient (Wildman–Crippen LogP) is 4.50. The summed E-state index contributed by atoms with van der Waals surface area (Å²) in [6, 6.07) is 15.1. The first-order valence-electron chi connectivity index (χ1n) is 9.22. The Morgan fingerprint density at radius 3 is 2.50 bits per heavy atom. The molecule has 0 aliphatic heterocycles. The van der Waals surface area contributed by atoms with Gasteiger partial charge in [-0.2, -0.15) is 0 Å². The predicted molar refractivity (Wildman–Crippen MR) is 111 cm³/mol. The fourth-order valence-corrected chi connectivity index (χ4v) is 3.29. The van der Waals surface area contributed by atoms with Gasteiger partial charge in [0.25, 0.3) is 5.91 Å². The van der Waals surface area contributed by atoms with Crippen LogP contribution >= 0.6 is 11.3 Å². The van der Waals surface area contributed by atoms with Gasteiger partial charge in [0, 0.05) is 24.1 Å². The van der Waals surface area contributed by atoms with Crippen molar-refractivity contribution in [2.75, 3.05) is 6.61 Å². The Labute approximate surface area is 169 Å². The molecule has 5 nitrogen and oxygen atoms in total. The van der Waals surface area contributed by atoms with Crippen LogP contribution in [0.25, 0.3) is 0 Å². The maximum absolute atomic E-state index is 12.4. The third-order valence-corrected chi connectivity index (χ3v) is 5.01. The van der Waals surface area contributed by atoms with Crippen molar-refractivity contribution in [1.29, 1.82) is 0 Å². The smallest absolute Gasteiger partial charge is 0.251 e. The molecule has 0 radical (unpaired) electrons. The number of nitrogens with one attached hydrogen (secondary N) is 1. The first kappa shape index (κ1) is 20.0. The van der Waals surface area contributed by atoms with Crippen LogP contribution in [-0.4, -0.2) is 17.5 Å². The van der Waals surface area contributed by atoms with Gasteiger partial charge in [-0.3, -0.25) is 4.79 Å². The lowest BCUT2D eigenvalue weighted by molar-refractivity contribution is 0.0949. The summed E-state index contributed by atoms with van der Waals surface area (Å²) in [7, 11) is 0. The standard InChI is InChI=1S/C22H24N2O3S/c1-3-26-13-19-7-5-4-6-18(19)12-23-22(25)17-8-10-21(11-9-17)27-14-20-15-28-16(2)24-20/h4-11,15H,3,12-14H2,1-2H3,(H,23,25). The van der Waals surface area contributed by atoms with E-state index in [1.807, 2.05) is 43.5 Å². The van der Waals surface area contributed by atoms with Gasteiger partial charge >= 0.3 is 0 Å². The van der Waals surface area contributed by atoms with E-state index in [1.165, 1.54) is 0 Å². The second kappa shape index (κ2) is 10.0. The Morgan fingerprint density at radius 2 is 1.82 bits per heavy atom. The molecule has 1 aromatic heterocycles. The highest BCUT2D eigenvalue weighted by Crippen LogP contribution is 2.16. The SMILES string of the molecule is CCOCc1ccccc1CNC(=O)c1ccc(OCc2csc(C)n2)cc1. The van der Waals surface area contributed by atoms with E-state index in [0.29, 0.717) is 37.7 Å². The van der Waals surface area contributed by atoms with E-state index in [4.69, 9.17) is 9.47 Å². The zero-order chi connectivity index (χ0) is 19.8. The zero-order valence-corrected chi connectivity index (χ0v) is 16.9. The molecule has 0 fully saturated rings. The van der Waals surface area contributed by atoms with E-state index >= 15 is 0 Å². The second-order valence-corrected chi connectivity index (χ2v) is 7.32. The molecule has 0 atom stereocenters. The monoisotopic (exact) mass is 396 g/mol. The zero-order valence-electron chi connectivity index (χ0n) is 16.1. The summed E-state index contributed by atoms with van der Waals surface area (Å²) >= 11 is 1.60. The number of amides is 1. The highest BCUT2D eigenvalue weighted by molar-refractivity contribution is 7.09. The molecule has 0 saturated heterocycles. The number of hydrogen-bond donors (Lipinski definition) is 1. The number of rotatable bonds is 9. The van der Waals surface area contributed by atoms with Crippen molar-refractivity contribution in [2.24, 2.45) is 0 Å². The first-order chi connectivity index (χ1) is 13.7. The highest BCUT2D eigenvalue weighted by atomic mass is 32.1. The van der Waals surface area contributed by atoms with E-state index in [0.717, 1.165) is 21.8 Å². The number of aromatic nitrogens is 1. The molecule has 0 bridgehead atoms. The fraction of sp³-hybridized carbons (Fsp3) is 0.273. The van der Waals surface area contributed by atoms with Crippen molar-refractivity contribution in [3.63, 3.8) is 0 Å². The van der Waals surface area contributed by atoms with Crippen molar-refractivity contribution in [1.82, 2.24) is 10.3 Å². The van der Waals surface area contributed by atoms with Gasteiger partial charge in [0.15, 0.2) is 0 Å². The molecule has 1 heterocycles. The average Bonchev–Trinajstić information content (AvgIpc) is 3.15. The van der Waals surface area contributed by atoms with Crippen molar-refractivity contribution in [2.45, 2.75) is 33.6 Å². The summed E-state index contributed by atoms with van der Waals surface area (Å²) in [5, 5.41) is 5.98. The lowest BCUT2D eigenvalue weighted by Gasteiger charge is -2.11. The molecular weight excluding hydrogens is 372 g/mol. The molecule has 146 valence electrons. The molecule has 3 aromatic rings. The van der Waals surface area contributed by atoms with Crippen molar-refractivity contribution in [3.05, 3.63) is 81.3 Å². The van der Waals surface area contributed by atoms with Crippen LogP contribution in [-0.2, 0) is 24.5 Å². The summed E-state index contributed by atoms with van der Waals surface area (Å²) in [6.45, 7) is 6.03. The molecule has 0 unspecified atom stereocenters. The molecule has 0 aliphatic carbocycles. The first-order valence-corrected chi connectivity index (χ1v) is 10.1. The summed E-state index contributed by atoms with van der Waals surface area (Å²) in [5.41, 5.74) is 3.66. The van der Waals surface area contributed by atoms with E-state index in [2.05, 4.69) is 10.3 Å². The van der Waals surface area contributed by atoms with E-state index < -0.39 is 0 Å². The van der Waals surface area contributed by atoms with Gasteiger partial charge in [0.1, 0.15) is 12.4 Å². The van der Waals surface area contributed by atoms with Crippen LogP contribution in [0.1, 0.15) is 39.1 Å². The van der Waals surface area contributed by atoms with Gasteiger partial charge in [0.2, 0.25) is 0 Å². The second-order valence-electron chi connectivity index (χ2n) is 6.26. The lowest BCUT2D eigenvalue weighted by atomic mass is 10.1. The van der Waals surface area contributed by atoms with E-state index in [1.54, 1.807) is 35.6 Å². The number of thiazole rings is 1. The van der Waals surface area contributed by atoms with Gasteiger partial charge in [-0.15, -0.1) is 11.3 Å². The Kier molecular flexibility index (Phi) is 7.17. The minimum Gasteiger partial charge on any atom is -0.487 e. The van der Waals surface area contributed by atoms with E-state index in [-0.39, 0.29) is 5.91 Å². The molecule has 0 spiro atoms. The lowest BCUT2D eigenvalue weighted by Crippen LogP contribution is -2.23. The molecule has 6 heteroatoms. The maximum atomic E-state index is 12.4. The molecule has 0 saturated carbocycles. The van der Waals surface area contributed by atoms with Crippen molar-refractivity contribution < 1.29 is 14.3 Å². The van der Waals surface area contributed by atoms with Gasteiger partial charge in [0.05, 0.1) is 17.3 Å².